The molecule has 10 nitrogen and oxygen atoms in total. The third-order valence-corrected chi connectivity index (χ3v) is 7.50. The SMILES string of the molecule is CC(=O)OCC1=C2CC(C#N)(C#N)C3=CC4CCC([C@@H]3C(COC(C)=O)=C2CC1=O)N4C(=O)OC(C)(C)C. The summed E-state index contributed by atoms with van der Waals surface area (Å²) in [7, 11) is 0. The molecule has 2 bridgehead atoms. The van der Waals surface area contributed by atoms with E-state index >= 15 is 0 Å². The summed E-state index contributed by atoms with van der Waals surface area (Å²) < 4.78 is 16.3. The normalized spacial score (nSPS) is 25.4. The van der Waals surface area contributed by atoms with Crippen molar-refractivity contribution < 1.29 is 33.4 Å². The molecule has 2 aliphatic heterocycles. The van der Waals surface area contributed by atoms with Crippen LogP contribution in [0.2, 0.25) is 0 Å². The van der Waals surface area contributed by atoms with Gasteiger partial charge in [-0.2, -0.15) is 10.5 Å². The summed E-state index contributed by atoms with van der Waals surface area (Å²) >= 11 is 0. The van der Waals surface area contributed by atoms with E-state index in [1.54, 1.807) is 25.7 Å². The maximum atomic E-state index is 13.3. The summed E-state index contributed by atoms with van der Waals surface area (Å²) in [6.07, 6.45) is 2.39. The molecule has 38 heavy (non-hydrogen) atoms. The average Bonchev–Trinajstić information content (AvgIpc) is 3.26. The van der Waals surface area contributed by atoms with E-state index in [0.717, 1.165) is 0 Å². The lowest BCUT2D eigenvalue weighted by molar-refractivity contribution is -0.141. The van der Waals surface area contributed by atoms with Crippen LogP contribution in [0.5, 0.6) is 0 Å². The van der Waals surface area contributed by atoms with Crippen molar-refractivity contribution in [3.63, 3.8) is 0 Å². The van der Waals surface area contributed by atoms with Crippen molar-refractivity contribution in [1.82, 2.24) is 4.90 Å². The van der Waals surface area contributed by atoms with Gasteiger partial charge in [0.25, 0.3) is 0 Å². The van der Waals surface area contributed by atoms with Gasteiger partial charge >= 0.3 is 18.0 Å². The van der Waals surface area contributed by atoms with Crippen LogP contribution in [0.25, 0.3) is 0 Å². The Morgan fingerprint density at radius 2 is 1.68 bits per heavy atom. The summed E-state index contributed by atoms with van der Waals surface area (Å²) in [5.41, 5.74) is 0.0535. The van der Waals surface area contributed by atoms with Gasteiger partial charge in [0.1, 0.15) is 18.8 Å². The molecular weight excluding hydrogens is 490 g/mol. The molecule has 4 rings (SSSR count). The number of nitriles is 2. The Morgan fingerprint density at radius 3 is 2.26 bits per heavy atom. The van der Waals surface area contributed by atoms with Gasteiger partial charge < -0.3 is 14.2 Å². The summed E-state index contributed by atoms with van der Waals surface area (Å²) in [6.45, 7) is 7.40. The highest BCUT2D eigenvalue weighted by Gasteiger charge is 2.56. The number of Topliss-reactive ketones (excluding diaryl/α,β-unsaturated/α-hetero) is 1. The van der Waals surface area contributed by atoms with E-state index in [-0.39, 0.29) is 43.5 Å². The molecule has 0 N–H and O–H groups in total. The molecule has 2 unspecified atom stereocenters. The number of esters is 2. The molecule has 1 amide bonds. The number of ketones is 1. The molecule has 10 heteroatoms. The van der Waals surface area contributed by atoms with Crippen LogP contribution in [0.1, 0.15) is 60.3 Å². The van der Waals surface area contributed by atoms with Crippen LogP contribution in [0.15, 0.2) is 33.9 Å². The minimum atomic E-state index is -1.63. The molecule has 1 fully saturated rings. The maximum Gasteiger partial charge on any atom is 0.411 e. The minimum absolute atomic E-state index is 0.0398. The molecule has 0 saturated carbocycles. The molecule has 0 aromatic carbocycles. The first-order valence-corrected chi connectivity index (χ1v) is 12.6. The van der Waals surface area contributed by atoms with Crippen LogP contribution in [-0.2, 0) is 28.6 Å². The van der Waals surface area contributed by atoms with Crippen LogP contribution in [0.4, 0.5) is 4.79 Å². The summed E-state index contributed by atoms with van der Waals surface area (Å²) in [5.74, 6) is -2.00. The van der Waals surface area contributed by atoms with Crippen molar-refractivity contribution in [2.24, 2.45) is 11.3 Å². The molecule has 1 saturated heterocycles. The Bertz CT molecular complexity index is 1270. The van der Waals surface area contributed by atoms with Crippen LogP contribution < -0.4 is 0 Å². The first-order chi connectivity index (χ1) is 17.8. The molecule has 200 valence electrons. The van der Waals surface area contributed by atoms with E-state index in [2.05, 4.69) is 12.1 Å². The van der Waals surface area contributed by atoms with Crippen LogP contribution in [-0.4, -0.2) is 59.6 Å². The molecular formula is C28H31N3O7. The number of amides is 1. The predicted molar refractivity (Wildman–Crippen MR) is 132 cm³/mol. The molecule has 2 heterocycles. The number of carbonyl (C=O) groups excluding carboxylic acids is 4. The third-order valence-electron chi connectivity index (χ3n) is 7.50. The first-order valence-electron chi connectivity index (χ1n) is 12.6. The highest BCUT2D eigenvalue weighted by atomic mass is 16.6. The lowest BCUT2D eigenvalue weighted by Crippen LogP contribution is -2.51. The van der Waals surface area contributed by atoms with Gasteiger partial charge in [0, 0.05) is 44.2 Å². The number of allylic oxidation sites excluding steroid dienone is 2. The molecule has 0 aromatic heterocycles. The number of nitrogens with zero attached hydrogens (tertiary/aromatic N) is 3. The van der Waals surface area contributed by atoms with E-state index in [4.69, 9.17) is 14.2 Å². The zero-order valence-electron chi connectivity index (χ0n) is 22.3. The number of carbonyl (C=O) groups is 4. The van der Waals surface area contributed by atoms with Gasteiger partial charge in [0.15, 0.2) is 11.2 Å². The molecule has 4 aliphatic rings. The van der Waals surface area contributed by atoms with Gasteiger partial charge in [-0.05, 0) is 55.9 Å². The van der Waals surface area contributed by atoms with Gasteiger partial charge in [-0.25, -0.2) is 4.79 Å². The van der Waals surface area contributed by atoms with Crippen LogP contribution in [0, 0.1) is 34.0 Å². The fourth-order valence-electron chi connectivity index (χ4n) is 6.02. The van der Waals surface area contributed by atoms with Crippen LogP contribution in [0.3, 0.4) is 0 Å². The zero-order chi connectivity index (χ0) is 28.0. The lowest BCUT2D eigenvalue weighted by atomic mass is 9.69. The Balaban J connectivity index is 1.94. The van der Waals surface area contributed by atoms with Gasteiger partial charge in [0.2, 0.25) is 0 Å². The number of hydrogen-bond acceptors (Lipinski definition) is 9. The zero-order valence-corrected chi connectivity index (χ0v) is 22.3. The maximum absolute atomic E-state index is 13.3. The average molecular weight is 522 g/mol. The van der Waals surface area contributed by atoms with Crippen LogP contribution >= 0.6 is 0 Å². The highest BCUT2D eigenvalue weighted by Crippen LogP contribution is 2.56. The molecule has 0 spiro atoms. The van der Waals surface area contributed by atoms with E-state index in [9.17, 15) is 29.7 Å². The molecule has 0 radical (unpaired) electrons. The Morgan fingerprint density at radius 1 is 1.05 bits per heavy atom. The van der Waals surface area contributed by atoms with Gasteiger partial charge in [-0.15, -0.1) is 0 Å². The Labute approximate surface area is 221 Å². The second kappa shape index (κ2) is 9.75. The van der Waals surface area contributed by atoms with Crippen molar-refractivity contribution in [1.29, 1.82) is 10.5 Å². The largest absolute Gasteiger partial charge is 0.461 e. The fraction of sp³-hybridized carbons (Fsp3) is 0.571. The van der Waals surface area contributed by atoms with Crippen molar-refractivity contribution in [2.75, 3.05) is 13.2 Å². The predicted octanol–water partition coefficient (Wildman–Crippen LogP) is 3.44. The second-order valence-corrected chi connectivity index (χ2v) is 11.1. The van der Waals surface area contributed by atoms with Gasteiger partial charge in [0.05, 0.1) is 18.2 Å². The van der Waals surface area contributed by atoms with E-state index in [1.165, 1.54) is 13.8 Å². The summed E-state index contributed by atoms with van der Waals surface area (Å²) in [5, 5.41) is 20.8. The summed E-state index contributed by atoms with van der Waals surface area (Å²) in [6, 6.07) is 3.59. The number of ether oxygens (including phenoxy) is 3. The van der Waals surface area contributed by atoms with E-state index in [0.29, 0.717) is 35.1 Å². The van der Waals surface area contributed by atoms with Crippen molar-refractivity contribution in [3.8, 4) is 12.1 Å². The van der Waals surface area contributed by atoms with E-state index < -0.39 is 41.0 Å². The lowest BCUT2D eigenvalue weighted by Gasteiger charge is -2.43. The topological polar surface area (TPSA) is 147 Å². The summed E-state index contributed by atoms with van der Waals surface area (Å²) in [4.78, 5) is 51.5. The Kier molecular flexibility index (Phi) is 6.96. The highest BCUT2D eigenvalue weighted by molar-refractivity contribution is 6.03. The standard InChI is InChI=1S/C28H31N3O7/c1-15(32)36-11-20-19-10-28(13-29,14-30)22-8-17-6-7-23(31(17)26(35)38-27(3,4)5)25(22)21(12-37-16(2)33)18(19)9-24(20)34/h8,17,23,25H,6-7,9-12H2,1-5H3/t17?,23?,25-/m1/s1. The Hall–Kier alpha value is -3.92. The van der Waals surface area contributed by atoms with Crippen molar-refractivity contribution in [2.45, 2.75) is 78.0 Å². The minimum Gasteiger partial charge on any atom is -0.461 e. The first kappa shape index (κ1) is 27.1. The second-order valence-electron chi connectivity index (χ2n) is 11.1. The number of fused-ring (bicyclic) bond motifs is 5. The molecule has 0 aromatic rings. The van der Waals surface area contributed by atoms with E-state index in [1.807, 2.05) is 6.08 Å². The number of rotatable bonds is 4. The number of hydrogen-bond donors (Lipinski definition) is 0. The van der Waals surface area contributed by atoms with Gasteiger partial charge in [-0.3, -0.25) is 19.3 Å². The smallest absolute Gasteiger partial charge is 0.411 e. The van der Waals surface area contributed by atoms with Gasteiger partial charge in [-0.1, -0.05) is 6.08 Å². The monoisotopic (exact) mass is 521 g/mol. The van der Waals surface area contributed by atoms with Crippen molar-refractivity contribution in [3.05, 3.63) is 33.9 Å². The fourth-order valence-corrected chi connectivity index (χ4v) is 6.02. The van der Waals surface area contributed by atoms with Crippen molar-refractivity contribution >= 4 is 23.8 Å². The molecule has 3 atom stereocenters. The third kappa shape index (κ3) is 4.71. The molecule has 2 aliphatic carbocycles. The quantitative estimate of drug-likeness (QED) is 0.308.